The van der Waals surface area contributed by atoms with Crippen LogP contribution in [0.15, 0.2) is 52.0 Å². The lowest BCUT2D eigenvalue weighted by atomic mass is 9.83. The molecule has 1 amide bonds. The second-order valence-electron chi connectivity index (χ2n) is 7.67. The molecule has 0 radical (unpaired) electrons. The molecule has 29 heavy (non-hydrogen) atoms. The molecular formula is C23H25N3O3. The molecule has 1 aromatic heterocycles. The highest BCUT2D eigenvalue weighted by Gasteiger charge is 2.31. The van der Waals surface area contributed by atoms with Crippen LogP contribution in [0.4, 0.5) is 0 Å². The number of aromatic nitrogens is 1. The van der Waals surface area contributed by atoms with E-state index in [2.05, 4.69) is 22.4 Å². The number of hydrogen-bond donors (Lipinski definition) is 1. The number of carbonyl (C=O) groups excluding carboxylic acids is 1. The predicted octanol–water partition coefficient (Wildman–Crippen LogP) is 4.78. The molecule has 1 N–H and O–H groups in total. The first-order valence-corrected chi connectivity index (χ1v) is 10.0. The Morgan fingerprint density at radius 3 is 2.55 bits per heavy atom. The van der Waals surface area contributed by atoms with Crippen molar-refractivity contribution in [2.75, 3.05) is 0 Å². The van der Waals surface area contributed by atoms with Gasteiger partial charge >= 0.3 is 0 Å². The number of oxazole rings is 1. The average Bonchev–Trinajstić information content (AvgIpc) is 3.13. The van der Waals surface area contributed by atoms with Crippen molar-refractivity contribution in [3.8, 4) is 17.2 Å². The molecule has 4 rings (SSSR count). The maximum Gasteiger partial charge on any atom is 0.243 e. The van der Waals surface area contributed by atoms with E-state index in [4.69, 9.17) is 9.15 Å². The number of rotatable bonds is 5. The lowest BCUT2D eigenvalue weighted by Gasteiger charge is -2.27. The highest BCUT2D eigenvalue weighted by Crippen LogP contribution is 2.30. The maximum absolute atomic E-state index is 11.9. The van der Waals surface area contributed by atoms with E-state index in [1.165, 1.54) is 0 Å². The molecule has 3 aromatic rings. The molecule has 2 aromatic carbocycles. The number of carbonyl (C=O) groups is 1. The molecule has 1 aliphatic heterocycles. The second kappa shape index (κ2) is 7.70. The normalized spacial score (nSPS) is 19.3. The highest BCUT2D eigenvalue weighted by molar-refractivity contribution is 6.07. The molecule has 2 atom stereocenters. The fourth-order valence-corrected chi connectivity index (χ4v) is 3.70. The molecule has 150 valence electrons. The van der Waals surface area contributed by atoms with Gasteiger partial charge in [-0.15, -0.1) is 0 Å². The molecule has 0 aliphatic carbocycles. The number of hydrazone groups is 1. The Morgan fingerprint density at radius 2 is 1.86 bits per heavy atom. The van der Waals surface area contributed by atoms with Crippen LogP contribution in [0.25, 0.3) is 22.6 Å². The van der Waals surface area contributed by atoms with Crippen molar-refractivity contribution >= 4 is 22.7 Å². The minimum absolute atomic E-state index is 0.0338. The van der Waals surface area contributed by atoms with Crippen molar-refractivity contribution < 1.29 is 13.9 Å². The molecule has 0 unspecified atom stereocenters. The second-order valence-corrected chi connectivity index (χ2v) is 7.67. The van der Waals surface area contributed by atoms with Crippen LogP contribution >= 0.6 is 0 Å². The third-order valence-electron chi connectivity index (χ3n) is 5.25. The molecule has 0 bridgehead atoms. The van der Waals surface area contributed by atoms with Crippen LogP contribution < -0.4 is 10.2 Å². The van der Waals surface area contributed by atoms with Crippen LogP contribution in [0, 0.1) is 11.8 Å². The Bertz CT molecular complexity index is 1070. The Labute approximate surface area is 170 Å². The van der Waals surface area contributed by atoms with Crippen LogP contribution in [0.2, 0.25) is 0 Å². The molecule has 0 saturated carbocycles. The summed E-state index contributed by atoms with van der Waals surface area (Å²) in [6.07, 6.45) is 0.975. The van der Waals surface area contributed by atoms with Gasteiger partial charge in [0.2, 0.25) is 11.8 Å². The molecule has 0 spiro atoms. The van der Waals surface area contributed by atoms with Gasteiger partial charge in [0.05, 0.1) is 11.8 Å². The van der Waals surface area contributed by atoms with Crippen molar-refractivity contribution in [3.05, 3.63) is 48.0 Å². The first-order valence-electron chi connectivity index (χ1n) is 10.0. The fourth-order valence-electron chi connectivity index (χ4n) is 3.70. The summed E-state index contributed by atoms with van der Waals surface area (Å²) in [6, 6.07) is 13.6. The summed E-state index contributed by atoms with van der Waals surface area (Å²) in [4.78, 5) is 16.5. The fraction of sp³-hybridized carbons (Fsp3) is 0.348. The van der Waals surface area contributed by atoms with Gasteiger partial charge in [-0.1, -0.05) is 19.9 Å². The summed E-state index contributed by atoms with van der Waals surface area (Å²) >= 11 is 0. The number of benzene rings is 2. The number of ether oxygens (including phenoxy) is 1. The molecule has 1 aliphatic rings. The SMILES string of the molecule is CC[C@H]1C(c2ccc3nc(-c4ccc(OC(C)C)cc4)oc3c2)=NNC(=O)[C@@H]1C. The third-order valence-corrected chi connectivity index (χ3v) is 5.25. The van der Waals surface area contributed by atoms with Gasteiger partial charge in [0.25, 0.3) is 0 Å². The molecular weight excluding hydrogens is 366 g/mol. The molecule has 6 nitrogen and oxygen atoms in total. The Hall–Kier alpha value is -3.15. The summed E-state index contributed by atoms with van der Waals surface area (Å²) in [5.41, 5.74) is 6.83. The molecule has 6 heteroatoms. The monoisotopic (exact) mass is 391 g/mol. The first-order chi connectivity index (χ1) is 14.0. The van der Waals surface area contributed by atoms with E-state index in [0.29, 0.717) is 11.5 Å². The largest absolute Gasteiger partial charge is 0.491 e. The summed E-state index contributed by atoms with van der Waals surface area (Å²) < 4.78 is 11.7. The van der Waals surface area contributed by atoms with E-state index in [9.17, 15) is 4.79 Å². The van der Waals surface area contributed by atoms with Crippen molar-refractivity contribution in [1.82, 2.24) is 10.4 Å². The van der Waals surface area contributed by atoms with Crippen LogP contribution in [-0.2, 0) is 4.79 Å². The molecule has 0 fully saturated rings. The summed E-state index contributed by atoms with van der Waals surface area (Å²) in [7, 11) is 0. The number of nitrogens with one attached hydrogen (secondary N) is 1. The standard InChI is InChI=1S/C23H25N3O3/c1-5-18-14(4)22(27)26-25-21(18)16-8-11-19-20(12-16)29-23(24-19)15-6-9-17(10-7-15)28-13(2)3/h6-14,18H,5H2,1-4H3,(H,26,27)/t14-,18-/m1/s1. The quantitative estimate of drug-likeness (QED) is 0.679. The zero-order valence-electron chi connectivity index (χ0n) is 17.1. The Balaban J connectivity index is 1.65. The van der Waals surface area contributed by atoms with Gasteiger partial charge in [-0.05, 0) is 56.7 Å². The first kappa shape index (κ1) is 19.2. The zero-order chi connectivity index (χ0) is 20.5. The summed E-state index contributed by atoms with van der Waals surface area (Å²) in [5, 5.41) is 4.33. The van der Waals surface area contributed by atoms with E-state index < -0.39 is 0 Å². The van der Waals surface area contributed by atoms with Gasteiger partial charge in [-0.25, -0.2) is 10.4 Å². The predicted molar refractivity (Wildman–Crippen MR) is 113 cm³/mol. The van der Waals surface area contributed by atoms with Gasteiger partial charge in [0.1, 0.15) is 11.3 Å². The van der Waals surface area contributed by atoms with Gasteiger partial charge in [0.15, 0.2) is 5.58 Å². The number of fused-ring (bicyclic) bond motifs is 1. The molecule has 2 heterocycles. The molecule has 0 saturated heterocycles. The maximum atomic E-state index is 11.9. The minimum atomic E-state index is -0.111. The van der Waals surface area contributed by atoms with Gasteiger partial charge in [-0.3, -0.25) is 4.79 Å². The van der Waals surface area contributed by atoms with Crippen molar-refractivity contribution in [2.45, 2.75) is 40.2 Å². The van der Waals surface area contributed by atoms with Crippen LogP contribution in [0.5, 0.6) is 5.75 Å². The smallest absolute Gasteiger partial charge is 0.243 e. The Morgan fingerprint density at radius 1 is 1.14 bits per heavy atom. The van der Waals surface area contributed by atoms with Crippen LogP contribution in [-0.4, -0.2) is 22.7 Å². The highest BCUT2D eigenvalue weighted by atomic mass is 16.5. The average molecular weight is 391 g/mol. The number of hydrogen-bond acceptors (Lipinski definition) is 5. The van der Waals surface area contributed by atoms with Gasteiger partial charge in [-0.2, -0.15) is 5.10 Å². The van der Waals surface area contributed by atoms with Crippen LogP contribution in [0.3, 0.4) is 0 Å². The van der Waals surface area contributed by atoms with Crippen molar-refractivity contribution in [1.29, 1.82) is 0 Å². The number of amides is 1. The van der Waals surface area contributed by atoms with E-state index in [1.807, 2.05) is 63.2 Å². The lowest BCUT2D eigenvalue weighted by Crippen LogP contribution is -2.40. The third kappa shape index (κ3) is 3.75. The number of nitrogens with zero attached hydrogens (tertiary/aromatic N) is 2. The zero-order valence-corrected chi connectivity index (χ0v) is 17.1. The van der Waals surface area contributed by atoms with E-state index in [1.54, 1.807) is 0 Å². The van der Waals surface area contributed by atoms with E-state index >= 15 is 0 Å². The van der Waals surface area contributed by atoms with Gasteiger partial charge < -0.3 is 9.15 Å². The lowest BCUT2D eigenvalue weighted by molar-refractivity contribution is -0.125. The van der Waals surface area contributed by atoms with Crippen LogP contribution in [0.1, 0.15) is 39.7 Å². The topological polar surface area (TPSA) is 76.7 Å². The van der Waals surface area contributed by atoms with E-state index in [0.717, 1.165) is 34.5 Å². The van der Waals surface area contributed by atoms with Crippen molar-refractivity contribution in [2.24, 2.45) is 16.9 Å². The van der Waals surface area contributed by atoms with Crippen molar-refractivity contribution in [3.63, 3.8) is 0 Å². The summed E-state index contributed by atoms with van der Waals surface area (Å²) in [6.45, 7) is 8.01. The summed E-state index contributed by atoms with van der Waals surface area (Å²) in [5.74, 6) is 1.32. The Kier molecular flexibility index (Phi) is 5.09. The minimum Gasteiger partial charge on any atom is -0.491 e. The van der Waals surface area contributed by atoms with Gasteiger partial charge in [0, 0.05) is 23.0 Å². The van der Waals surface area contributed by atoms with E-state index in [-0.39, 0.29) is 23.8 Å².